The van der Waals surface area contributed by atoms with Gasteiger partial charge in [-0.25, -0.2) is 9.97 Å². The number of rotatable bonds is 3. The van der Waals surface area contributed by atoms with Crippen LogP contribution in [0.25, 0.3) is 0 Å². The molecule has 1 saturated heterocycles. The van der Waals surface area contributed by atoms with E-state index in [1.54, 1.807) is 37.7 Å². The van der Waals surface area contributed by atoms with Gasteiger partial charge in [-0.05, 0) is 6.92 Å². The third kappa shape index (κ3) is 4.02. The van der Waals surface area contributed by atoms with E-state index in [4.69, 9.17) is 4.42 Å². The van der Waals surface area contributed by atoms with Crippen LogP contribution in [-0.2, 0) is 6.18 Å². The highest BCUT2D eigenvalue weighted by atomic mass is 19.4. The lowest BCUT2D eigenvalue weighted by molar-refractivity contribution is -0.141. The first-order chi connectivity index (χ1) is 13.1. The van der Waals surface area contributed by atoms with Gasteiger partial charge in [-0.1, -0.05) is 0 Å². The lowest BCUT2D eigenvalue weighted by atomic mass is 10.2. The van der Waals surface area contributed by atoms with E-state index in [1.807, 2.05) is 0 Å². The number of alkyl halides is 3. The summed E-state index contributed by atoms with van der Waals surface area (Å²) in [4.78, 5) is 29.4. The topological polar surface area (TPSA) is 78.6 Å². The Morgan fingerprint density at radius 1 is 1.11 bits per heavy atom. The number of aryl methyl sites for hydroxylation is 2. The third-order valence-corrected chi connectivity index (χ3v) is 4.41. The Kier molecular flexibility index (Phi) is 5.18. The van der Waals surface area contributed by atoms with Gasteiger partial charge in [0.1, 0.15) is 11.6 Å². The van der Waals surface area contributed by atoms with Crippen LogP contribution >= 0.6 is 0 Å². The average Bonchev–Trinajstić information content (AvgIpc) is 2.98. The van der Waals surface area contributed by atoms with Crippen molar-refractivity contribution in [2.75, 3.05) is 50.1 Å². The fraction of sp³-hybridized carbons (Fsp3) is 0.529. The van der Waals surface area contributed by atoms with Gasteiger partial charge in [0.25, 0.3) is 5.91 Å². The molecule has 1 amide bonds. The molecule has 0 N–H and O–H groups in total. The second kappa shape index (κ2) is 7.28. The van der Waals surface area contributed by atoms with Crippen LogP contribution in [0.3, 0.4) is 0 Å². The minimum absolute atomic E-state index is 0.000847. The minimum atomic E-state index is -4.57. The highest BCUT2D eigenvalue weighted by Crippen LogP contribution is 2.31. The quantitative estimate of drug-likeness (QED) is 0.784. The van der Waals surface area contributed by atoms with Crippen LogP contribution in [0.5, 0.6) is 0 Å². The second-order valence-corrected chi connectivity index (χ2v) is 6.72. The molecule has 8 nitrogen and oxygen atoms in total. The van der Waals surface area contributed by atoms with E-state index in [9.17, 15) is 18.0 Å². The summed E-state index contributed by atoms with van der Waals surface area (Å²) in [6.07, 6.45) is -4.57. The van der Waals surface area contributed by atoms with Crippen LogP contribution in [-0.4, -0.2) is 66.0 Å². The summed E-state index contributed by atoms with van der Waals surface area (Å²) in [5, 5.41) is 0. The molecule has 1 fully saturated rings. The number of aromatic nitrogens is 3. The molecule has 0 saturated carbocycles. The first-order valence-corrected chi connectivity index (χ1v) is 8.68. The maximum atomic E-state index is 13.2. The Bertz CT molecular complexity index is 872. The zero-order valence-corrected chi connectivity index (χ0v) is 16.0. The monoisotopic (exact) mass is 398 g/mol. The Morgan fingerprint density at radius 3 is 2.25 bits per heavy atom. The van der Waals surface area contributed by atoms with E-state index < -0.39 is 11.9 Å². The molecule has 0 atom stereocenters. The SMILES string of the molecule is Cc1nc(C(=O)N2CCN(c3nc(N(C)C)cc(C(F)(F)F)n3)CC2)c(C)o1. The van der Waals surface area contributed by atoms with Crippen LogP contribution in [0, 0.1) is 13.8 Å². The minimum Gasteiger partial charge on any atom is -0.445 e. The second-order valence-electron chi connectivity index (χ2n) is 6.72. The Hall–Kier alpha value is -2.85. The van der Waals surface area contributed by atoms with Crippen molar-refractivity contribution in [1.82, 2.24) is 19.9 Å². The maximum Gasteiger partial charge on any atom is 0.433 e. The van der Waals surface area contributed by atoms with E-state index in [0.717, 1.165) is 6.07 Å². The molecule has 1 aliphatic heterocycles. The molecule has 3 rings (SSSR count). The number of amides is 1. The molecule has 28 heavy (non-hydrogen) atoms. The van der Waals surface area contributed by atoms with Crippen molar-refractivity contribution in [3.8, 4) is 0 Å². The molecule has 0 spiro atoms. The molecule has 0 aromatic carbocycles. The highest BCUT2D eigenvalue weighted by molar-refractivity contribution is 5.93. The number of piperazine rings is 1. The van der Waals surface area contributed by atoms with Crippen molar-refractivity contribution in [3.05, 3.63) is 29.1 Å². The van der Waals surface area contributed by atoms with Crippen LogP contribution in [0.1, 0.15) is 27.8 Å². The largest absolute Gasteiger partial charge is 0.445 e. The van der Waals surface area contributed by atoms with E-state index in [2.05, 4.69) is 15.0 Å². The molecule has 0 unspecified atom stereocenters. The highest BCUT2D eigenvalue weighted by Gasteiger charge is 2.35. The average molecular weight is 398 g/mol. The summed E-state index contributed by atoms with van der Waals surface area (Å²) >= 11 is 0. The van der Waals surface area contributed by atoms with Crippen molar-refractivity contribution in [2.45, 2.75) is 20.0 Å². The van der Waals surface area contributed by atoms with Gasteiger partial charge in [0, 0.05) is 53.3 Å². The zero-order chi connectivity index (χ0) is 20.6. The van der Waals surface area contributed by atoms with E-state index in [1.165, 1.54) is 4.90 Å². The summed E-state index contributed by atoms with van der Waals surface area (Å²) in [5.41, 5.74) is -0.732. The van der Waals surface area contributed by atoms with Gasteiger partial charge in [-0.15, -0.1) is 0 Å². The molecule has 0 aliphatic carbocycles. The van der Waals surface area contributed by atoms with Crippen molar-refractivity contribution in [3.63, 3.8) is 0 Å². The predicted octanol–water partition coefficient (Wildman–Crippen LogP) is 2.13. The number of carbonyl (C=O) groups is 1. The van der Waals surface area contributed by atoms with Gasteiger partial charge in [-0.2, -0.15) is 18.2 Å². The lowest BCUT2D eigenvalue weighted by Crippen LogP contribution is -2.49. The molecule has 152 valence electrons. The number of nitrogens with zero attached hydrogens (tertiary/aromatic N) is 6. The molecule has 11 heteroatoms. The first kappa shape index (κ1) is 19.9. The van der Waals surface area contributed by atoms with Crippen LogP contribution < -0.4 is 9.80 Å². The normalized spacial score (nSPS) is 15.1. The summed E-state index contributed by atoms with van der Waals surface area (Å²) < 4.78 is 44.8. The Balaban J connectivity index is 1.77. The fourth-order valence-corrected chi connectivity index (χ4v) is 2.92. The van der Waals surface area contributed by atoms with Crippen LogP contribution in [0.4, 0.5) is 24.9 Å². The molecule has 2 aromatic heterocycles. The summed E-state index contributed by atoms with van der Waals surface area (Å²) in [6.45, 7) is 4.60. The van der Waals surface area contributed by atoms with Gasteiger partial charge in [-0.3, -0.25) is 4.79 Å². The number of oxazole rings is 1. The first-order valence-electron chi connectivity index (χ1n) is 8.68. The molecule has 0 bridgehead atoms. The molecule has 3 heterocycles. The van der Waals surface area contributed by atoms with Gasteiger partial charge < -0.3 is 19.1 Å². The van der Waals surface area contributed by atoms with Crippen molar-refractivity contribution in [2.24, 2.45) is 0 Å². The van der Waals surface area contributed by atoms with Gasteiger partial charge >= 0.3 is 6.18 Å². The van der Waals surface area contributed by atoms with Crippen molar-refractivity contribution in [1.29, 1.82) is 0 Å². The van der Waals surface area contributed by atoms with E-state index in [0.29, 0.717) is 37.8 Å². The maximum absolute atomic E-state index is 13.2. The number of hydrogen-bond acceptors (Lipinski definition) is 7. The molecule has 1 aliphatic rings. The summed E-state index contributed by atoms with van der Waals surface area (Å²) in [6, 6.07) is 0.916. The third-order valence-electron chi connectivity index (χ3n) is 4.41. The Labute approximate surface area is 160 Å². The van der Waals surface area contributed by atoms with E-state index >= 15 is 0 Å². The van der Waals surface area contributed by atoms with Gasteiger partial charge in [0.15, 0.2) is 17.3 Å². The predicted molar refractivity (Wildman–Crippen MR) is 95.5 cm³/mol. The van der Waals surface area contributed by atoms with Gasteiger partial charge in [0.05, 0.1) is 0 Å². The van der Waals surface area contributed by atoms with E-state index in [-0.39, 0.29) is 23.4 Å². The van der Waals surface area contributed by atoms with Crippen LogP contribution in [0.15, 0.2) is 10.5 Å². The van der Waals surface area contributed by atoms with Crippen LogP contribution in [0.2, 0.25) is 0 Å². The molecule has 0 radical (unpaired) electrons. The lowest BCUT2D eigenvalue weighted by Gasteiger charge is -2.34. The molecule has 2 aromatic rings. The standard InChI is InChI=1S/C17H21F3N6O2/c1-10-14(21-11(2)28-10)15(27)25-5-7-26(8-6-25)16-22-12(17(18,19)20)9-13(23-16)24(3)4/h9H,5-8H2,1-4H3. The number of anilines is 2. The smallest absolute Gasteiger partial charge is 0.433 e. The number of carbonyl (C=O) groups excluding carboxylic acids is 1. The van der Waals surface area contributed by atoms with Crippen molar-refractivity contribution >= 4 is 17.7 Å². The number of halogens is 3. The molecular weight excluding hydrogens is 377 g/mol. The number of hydrogen-bond donors (Lipinski definition) is 0. The van der Waals surface area contributed by atoms with Gasteiger partial charge in [0.2, 0.25) is 5.95 Å². The Morgan fingerprint density at radius 2 is 1.75 bits per heavy atom. The van der Waals surface area contributed by atoms with Crippen molar-refractivity contribution < 1.29 is 22.4 Å². The fourth-order valence-electron chi connectivity index (χ4n) is 2.92. The molecular formula is C17H21F3N6O2. The zero-order valence-electron chi connectivity index (χ0n) is 16.0. The summed E-state index contributed by atoms with van der Waals surface area (Å²) in [5.74, 6) is 0.770. The summed E-state index contributed by atoms with van der Waals surface area (Å²) in [7, 11) is 3.23.